The standard InChI is InChI=1S/C20H17N3O2/c1-25-17-9-7-15(8-10-17)12-22-13-19(16-5-3-2-4-6-16)23-14-21-11-18(23)20(22)24/h2-11,13-14H,12H2,1H3. The fourth-order valence-electron chi connectivity index (χ4n) is 2.93. The van der Waals surface area contributed by atoms with Gasteiger partial charge in [0.1, 0.15) is 11.3 Å². The molecule has 0 radical (unpaired) electrons. The SMILES string of the molecule is COc1ccc(Cn2cc(-c3ccccc3)n3cncc3c2=O)cc1. The Hall–Kier alpha value is -3.34. The predicted octanol–water partition coefficient (Wildman–Crippen LogP) is 3.22. The third-order valence-electron chi connectivity index (χ3n) is 4.24. The second-order valence-electron chi connectivity index (χ2n) is 5.81. The van der Waals surface area contributed by atoms with Gasteiger partial charge in [-0.05, 0) is 17.7 Å². The Morgan fingerprint density at radius 1 is 1.04 bits per heavy atom. The number of fused-ring (bicyclic) bond motifs is 1. The van der Waals surface area contributed by atoms with Crippen molar-refractivity contribution >= 4 is 5.52 Å². The zero-order valence-corrected chi connectivity index (χ0v) is 13.8. The van der Waals surface area contributed by atoms with Crippen molar-refractivity contribution in [2.75, 3.05) is 7.11 Å². The van der Waals surface area contributed by atoms with Gasteiger partial charge in [0, 0.05) is 11.8 Å². The number of hydrogen-bond donors (Lipinski definition) is 0. The van der Waals surface area contributed by atoms with Crippen LogP contribution in [0.1, 0.15) is 5.56 Å². The topological polar surface area (TPSA) is 48.5 Å². The van der Waals surface area contributed by atoms with Gasteiger partial charge in [-0.1, -0.05) is 42.5 Å². The normalized spacial score (nSPS) is 10.9. The van der Waals surface area contributed by atoms with E-state index in [1.54, 1.807) is 24.2 Å². The van der Waals surface area contributed by atoms with Crippen molar-refractivity contribution in [3.63, 3.8) is 0 Å². The van der Waals surface area contributed by atoms with E-state index in [1.807, 2.05) is 65.2 Å². The lowest BCUT2D eigenvalue weighted by atomic mass is 10.1. The van der Waals surface area contributed by atoms with Crippen LogP contribution in [0.25, 0.3) is 16.8 Å². The maximum Gasteiger partial charge on any atom is 0.276 e. The van der Waals surface area contributed by atoms with E-state index in [-0.39, 0.29) is 5.56 Å². The third kappa shape index (κ3) is 2.80. The van der Waals surface area contributed by atoms with Crippen LogP contribution >= 0.6 is 0 Å². The van der Waals surface area contributed by atoms with Crippen molar-refractivity contribution in [2.24, 2.45) is 0 Å². The molecule has 0 aliphatic carbocycles. The van der Waals surface area contributed by atoms with Crippen molar-refractivity contribution < 1.29 is 4.74 Å². The molecule has 0 atom stereocenters. The highest BCUT2D eigenvalue weighted by Gasteiger charge is 2.11. The van der Waals surface area contributed by atoms with Crippen LogP contribution in [0.3, 0.4) is 0 Å². The number of ether oxygens (including phenoxy) is 1. The van der Waals surface area contributed by atoms with Gasteiger partial charge in [-0.15, -0.1) is 0 Å². The minimum absolute atomic E-state index is 0.0620. The van der Waals surface area contributed by atoms with Crippen LogP contribution in [0.5, 0.6) is 5.75 Å². The van der Waals surface area contributed by atoms with Gasteiger partial charge in [0.25, 0.3) is 5.56 Å². The molecular formula is C20H17N3O2. The first-order valence-electron chi connectivity index (χ1n) is 8.00. The minimum Gasteiger partial charge on any atom is -0.497 e. The maximum atomic E-state index is 12.8. The lowest BCUT2D eigenvalue weighted by molar-refractivity contribution is 0.414. The highest BCUT2D eigenvalue weighted by molar-refractivity contribution is 5.63. The molecule has 0 fully saturated rings. The van der Waals surface area contributed by atoms with E-state index in [1.165, 1.54) is 0 Å². The number of nitrogens with zero attached hydrogens (tertiary/aromatic N) is 3. The average molecular weight is 331 g/mol. The lowest BCUT2D eigenvalue weighted by Gasteiger charge is -2.12. The van der Waals surface area contributed by atoms with Gasteiger partial charge >= 0.3 is 0 Å². The van der Waals surface area contributed by atoms with Gasteiger partial charge in [0.2, 0.25) is 0 Å². The zero-order valence-electron chi connectivity index (χ0n) is 13.8. The smallest absolute Gasteiger partial charge is 0.276 e. The van der Waals surface area contributed by atoms with Crippen molar-refractivity contribution in [1.29, 1.82) is 0 Å². The van der Waals surface area contributed by atoms with Crippen molar-refractivity contribution in [3.8, 4) is 17.0 Å². The number of rotatable bonds is 4. The summed E-state index contributed by atoms with van der Waals surface area (Å²) in [7, 11) is 1.64. The molecule has 25 heavy (non-hydrogen) atoms. The highest BCUT2D eigenvalue weighted by atomic mass is 16.5. The van der Waals surface area contributed by atoms with Gasteiger partial charge in [-0.3, -0.25) is 9.20 Å². The van der Waals surface area contributed by atoms with Crippen LogP contribution in [0.4, 0.5) is 0 Å². The summed E-state index contributed by atoms with van der Waals surface area (Å²) in [6.45, 7) is 0.490. The van der Waals surface area contributed by atoms with E-state index in [0.717, 1.165) is 22.6 Å². The van der Waals surface area contributed by atoms with Gasteiger partial charge < -0.3 is 9.30 Å². The summed E-state index contributed by atoms with van der Waals surface area (Å²) in [5, 5.41) is 0. The van der Waals surface area contributed by atoms with E-state index < -0.39 is 0 Å². The van der Waals surface area contributed by atoms with Crippen LogP contribution in [-0.4, -0.2) is 21.1 Å². The molecule has 2 aromatic heterocycles. The Bertz CT molecular complexity index is 1060. The second kappa shape index (κ2) is 6.28. The van der Waals surface area contributed by atoms with Crippen LogP contribution in [0.2, 0.25) is 0 Å². The van der Waals surface area contributed by atoms with Gasteiger partial charge in [0.05, 0.1) is 31.9 Å². The van der Waals surface area contributed by atoms with Gasteiger partial charge in [-0.25, -0.2) is 4.98 Å². The molecule has 0 bridgehead atoms. The molecule has 2 aromatic carbocycles. The Balaban J connectivity index is 1.83. The molecule has 0 N–H and O–H groups in total. The molecule has 4 rings (SSSR count). The number of methoxy groups -OCH3 is 1. The minimum atomic E-state index is -0.0620. The molecule has 124 valence electrons. The Morgan fingerprint density at radius 2 is 1.80 bits per heavy atom. The van der Waals surface area contributed by atoms with Gasteiger partial charge in [-0.2, -0.15) is 0 Å². The molecule has 0 spiro atoms. The van der Waals surface area contributed by atoms with E-state index in [4.69, 9.17) is 4.74 Å². The monoisotopic (exact) mass is 331 g/mol. The molecular weight excluding hydrogens is 314 g/mol. The quantitative estimate of drug-likeness (QED) is 0.577. The Labute approximate surface area is 144 Å². The zero-order chi connectivity index (χ0) is 17.2. The highest BCUT2D eigenvalue weighted by Crippen LogP contribution is 2.19. The largest absolute Gasteiger partial charge is 0.497 e. The first-order valence-corrected chi connectivity index (χ1v) is 8.00. The summed E-state index contributed by atoms with van der Waals surface area (Å²) in [6.07, 6.45) is 5.17. The fourth-order valence-corrected chi connectivity index (χ4v) is 2.93. The number of aromatic nitrogens is 3. The first-order chi connectivity index (χ1) is 12.3. The Morgan fingerprint density at radius 3 is 2.52 bits per heavy atom. The molecule has 0 saturated heterocycles. The molecule has 2 heterocycles. The lowest BCUT2D eigenvalue weighted by Crippen LogP contribution is -2.22. The van der Waals surface area contributed by atoms with Crippen LogP contribution in [-0.2, 0) is 6.54 Å². The summed E-state index contributed by atoms with van der Waals surface area (Å²) in [6, 6.07) is 17.7. The molecule has 0 saturated carbocycles. The van der Waals surface area contributed by atoms with E-state index >= 15 is 0 Å². The van der Waals surface area contributed by atoms with E-state index in [2.05, 4.69) is 4.98 Å². The molecule has 0 aliphatic heterocycles. The third-order valence-corrected chi connectivity index (χ3v) is 4.24. The van der Waals surface area contributed by atoms with Crippen LogP contribution < -0.4 is 10.3 Å². The number of imidazole rings is 1. The maximum absolute atomic E-state index is 12.8. The summed E-state index contributed by atoms with van der Waals surface area (Å²) in [5.74, 6) is 0.798. The van der Waals surface area contributed by atoms with Crippen LogP contribution in [0.15, 0.2) is 78.1 Å². The molecule has 4 aromatic rings. The summed E-state index contributed by atoms with van der Waals surface area (Å²) < 4.78 is 8.75. The van der Waals surface area contributed by atoms with Crippen molar-refractivity contribution in [1.82, 2.24) is 14.0 Å². The number of hydrogen-bond acceptors (Lipinski definition) is 3. The van der Waals surface area contributed by atoms with Crippen molar-refractivity contribution in [2.45, 2.75) is 6.54 Å². The molecule has 5 heteroatoms. The van der Waals surface area contributed by atoms with Crippen molar-refractivity contribution in [3.05, 3.63) is 89.2 Å². The van der Waals surface area contributed by atoms with E-state index in [9.17, 15) is 4.79 Å². The average Bonchev–Trinajstić information content (AvgIpc) is 3.15. The Kier molecular flexibility index (Phi) is 3.82. The van der Waals surface area contributed by atoms with E-state index in [0.29, 0.717) is 12.1 Å². The summed E-state index contributed by atoms with van der Waals surface area (Å²) >= 11 is 0. The van der Waals surface area contributed by atoms with Gasteiger partial charge in [0.15, 0.2) is 0 Å². The number of benzene rings is 2. The summed E-state index contributed by atoms with van der Waals surface area (Å²) in [5.41, 5.74) is 3.50. The summed E-state index contributed by atoms with van der Waals surface area (Å²) in [4.78, 5) is 16.9. The van der Waals surface area contributed by atoms with Crippen LogP contribution in [0, 0.1) is 0 Å². The molecule has 5 nitrogen and oxygen atoms in total. The molecule has 0 amide bonds. The predicted molar refractivity (Wildman–Crippen MR) is 97.0 cm³/mol. The fraction of sp³-hybridized carbons (Fsp3) is 0.100. The molecule has 0 aliphatic rings. The molecule has 0 unspecified atom stereocenters. The first kappa shape index (κ1) is 15.2. The second-order valence-corrected chi connectivity index (χ2v) is 5.81.